The van der Waals surface area contributed by atoms with Crippen molar-refractivity contribution in [3.63, 3.8) is 0 Å². The lowest BCUT2D eigenvalue weighted by Crippen LogP contribution is -2.26. The van der Waals surface area contributed by atoms with Crippen LogP contribution in [0.1, 0.15) is 39.2 Å². The highest BCUT2D eigenvalue weighted by atomic mass is 15.2. The first-order chi connectivity index (χ1) is 9.11. The zero-order valence-electron chi connectivity index (χ0n) is 12.3. The van der Waals surface area contributed by atoms with Gasteiger partial charge in [0.05, 0.1) is 0 Å². The van der Waals surface area contributed by atoms with E-state index in [0.717, 1.165) is 0 Å². The summed E-state index contributed by atoms with van der Waals surface area (Å²) < 4.78 is 0. The summed E-state index contributed by atoms with van der Waals surface area (Å²) in [7, 11) is 0. The number of para-hydroxylation sites is 2. The Morgan fingerprint density at radius 1 is 0.737 bits per heavy atom. The van der Waals surface area contributed by atoms with Crippen LogP contribution in [0, 0.1) is 0 Å². The molecule has 1 heteroatoms. The Bertz CT molecular complexity index is 514. The van der Waals surface area contributed by atoms with Crippen LogP contribution in [-0.2, 0) is 0 Å². The van der Waals surface area contributed by atoms with Crippen LogP contribution >= 0.6 is 0 Å². The van der Waals surface area contributed by atoms with Crippen molar-refractivity contribution in [3.8, 4) is 0 Å². The van der Waals surface area contributed by atoms with E-state index < -0.39 is 0 Å². The third-order valence-electron chi connectivity index (χ3n) is 3.37. The van der Waals surface area contributed by atoms with Gasteiger partial charge in [0, 0.05) is 17.4 Å². The van der Waals surface area contributed by atoms with E-state index in [2.05, 4.69) is 87.2 Å². The van der Waals surface area contributed by atoms with Crippen LogP contribution in [0.4, 0.5) is 11.4 Å². The SMILES string of the molecule is CC(C)c1ccccc1N(c1ccccc1)C(C)C. The van der Waals surface area contributed by atoms with Crippen LogP contribution in [0.15, 0.2) is 54.6 Å². The summed E-state index contributed by atoms with van der Waals surface area (Å²) in [5.41, 5.74) is 3.98. The molecule has 100 valence electrons. The quantitative estimate of drug-likeness (QED) is 0.709. The first kappa shape index (κ1) is 13.7. The predicted molar refractivity (Wildman–Crippen MR) is 84.2 cm³/mol. The average molecular weight is 253 g/mol. The number of anilines is 2. The minimum absolute atomic E-state index is 0.433. The van der Waals surface area contributed by atoms with Crippen molar-refractivity contribution in [2.75, 3.05) is 4.90 Å². The lowest BCUT2D eigenvalue weighted by molar-refractivity contribution is 0.771. The molecule has 2 rings (SSSR count). The molecule has 0 saturated carbocycles. The molecule has 0 aliphatic heterocycles. The summed E-state index contributed by atoms with van der Waals surface area (Å²) in [6.07, 6.45) is 0. The standard InChI is InChI=1S/C18H23N/c1-14(2)17-12-8-9-13-18(17)19(15(3)4)16-10-6-5-7-11-16/h5-15H,1-4H3. The Labute approximate surface area is 116 Å². The van der Waals surface area contributed by atoms with Crippen molar-refractivity contribution in [2.24, 2.45) is 0 Å². The highest BCUT2D eigenvalue weighted by molar-refractivity contribution is 5.67. The lowest BCUT2D eigenvalue weighted by atomic mass is 9.99. The summed E-state index contributed by atoms with van der Waals surface area (Å²) in [5, 5.41) is 0. The van der Waals surface area contributed by atoms with Crippen molar-refractivity contribution in [1.82, 2.24) is 0 Å². The number of hydrogen-bond donors (Lipinski definition) is 0. The Kier molecular flexibility index (Phi) is 4.26. The van der Waals surface area contributed by atoms with E-state index in [4.69, 9.17) is 0 Å². The zero-order chi connectivity index (χ0) is 13.8. The largest absolute Gasteiger partial charge is 0.339 e. The van der Waals surface area contributed by atoms with Crippen LogP contribution in [0.3, 0.4) is 0 Å². The molecule has 0 unspecified atom stereocenters. The average Bonchev–Trinajstić information content (AvgIpc) is 2.40. The molecule has 2 aromatic carbocycles. The molecule has 0 aromatic heterocycles. The molecule has 0 aliphatic carbocycles. The fraction of sp³-hybridized carbons (Fsp3) is 0.333. The monoisotopic (exact) mass is 253 g/mol. The number of hydrogen-bond acceptors (Lipinski definition) is 1. The molecule has 0 bridgehead atoms. The number of benzene rings is 2. The van der Waals surface area contributed by atoms with E-state index in [9.17, 15) is 0 Å². The van der Waals surface area contributed by atoms with Crippen molar-refractivity contribution in [3.05, 3.63) is 60.2 Å². The summed E-state index contributed by atoms with van der Waals surface area (Å²) >= 11 is 0. The minimum Gasteiger partial charge on any atom is -0.339 e. The van der Waals surface area contributed by atoms with E-state index in [-0.39, 0.29) is 0 Å². The first-order valence-electron chi connectivity index (χ1n) is 7.04. The van der Waals surface area contributed by atoms with Gasteiger partial charge in [-0.2, -0.15) is 0 Å². The molecule has 0 spiro atoms. The van der Waals surface area contributed by atoms with Crippen molar-refractivity contribution >= 4 is 11.4 Å². The molecular formula is C18H23N. The van der Waals surface area contributed by atoms with Gasteiger partial charge in [0.15, 0.2) is 0 Å². The normalized spacial score (nSPS) is 11.1. The fourth-order valence-electron chi connectivity index (χ4n) is 2.50. The van der Waals surface area contributed by atoms with Gasteiger partial charge in [0.25, 0.3) is 0 Å². The maximum Gasteiger partial charge on any atom is 0.0448 e. The van der Waals surface area contributed by atoms with Crippen LogP contribution in [0.5, 0.6) is 0 Å². The molecule has 1 nitrogen and oxygen atoms in total. The van der Waals surface area contributed by atoms with Crippen LogP contribution in [0.2, 0.25) is 0 Å². The molecule has 0 saturated heterocycles. The highest BCUT2D eigenvalue weighted by Gasteiger charge is 2.17. The molecule has 0 heterocycles. The van der Waals surface area contributed by atoms with Gasteiger partial charge in [0.1, 0.15) is 0 Å². The second kappa shape index (κ2) is 5.92. The summed E-state index contributed by atoms with van der Waals surface area (Å²) in [4.78, 5) is 2.41. The Morgan fingerprint density at radius 2 is 1.32 bits per heavy atom. The van der Waals surface area contributed by atoms with Gasteiger partial charge in [-0.15, -0.1) is 0 Å². The fourth-order valence-corrected chi connectivity index (χ4v) is 2.50. The predicted octanol–water partition coefficient (Wildman–Crippen LogP) is 5.36. The van der Waals surface area contributed by atoms with Crippen molar-refractivity contribution in [2.45, 2.75) is 39.7 Å². The van der Waals surface area contributed by atoms with E-state index in [0.29, 0.717) is 12.0 Å². The number of rotatable bonds is 4. The summed E-state index contributed by atoms with van der Waals surface area (Å²) in [6, 6.07) is 19.8. The molecule has 0 N–H and O–H groups in total. The summed E-state index contributed by atoms with van der Waals surface area (Å²) in [6.45, 7) is 8.98. The highest BCUT2D eigenvalue weighted by Crippen LogP contribution is 2.34. The van der Waals surface area contributed by atoms with E-state index in [1.54, 1.807) is 0 Å². The lowest BCUT2D eigenvalue weighted by Gasteiger charge is -2.32. The molecule has 2 aromatic rings. The van der Waals surface area contributed by atoms with Gasteiger partial charge in [-0.3, -0.25) is 0 Å². The third-order valence-corrected chi connectivity index (χ3v) is 3.37. The topological polar surface area (TPSA) is 3.24 Å². The minimum atomic E-state index is 0.433. The molecule has 0 aliphatic rings. The molecule has 0 fully saturated rings. The first-order valence-corrected chi connectivity index (χ1v) is 7.04. The van der Waals surface area contributed by atoms with E-state index >= 15 is 0 Å². The van der Waals surface area contributed by atoms with Crippen LogP contribution in [-0.4, -0.2) is 6.04 Å². The molecule has 0 amide bonds. The zero-order valence-corrected chi connectivity index (χ0v) is 12.3. The Morgan fingerprint density at radius 3 is 1.89 bits per heavy atom. The summed E-state index contributed by atoms with van der Waals surface area (Å²) in [5.74, 6) is 0.529. The van der Waals surface area contributed by atoms with Gasteiger partial charge in [0.2, 0.25) is 0 Å². The van der Waals surface area contributed by atoms with Crippen LogP contribution < -0.4 is 4.90 Å². The van der Waals surface area contributed by atoms with Crippen molar-refractivity contribution in [1.29, 1.82) is 0 Å². The Balaban J connectivity index is 2.52. The number of nitrogens with zero attached hydrogens (tertiary/aromatic N) is 1. The molecule has 0 radical (unpaired) electrons. The third kappa shape index (κ3) is 2.98. The second-order valence-electron chi connectivity index (χ2n) is 5.51. The van der Waals surface area contributed by atoms with Gasteiger partial charge < -0.3 is 4.90 Å². The smallest absolute Gasteiger partial charge is 0.0448 e. The van der Waals surface area contributed by atoms with Gasteiger partial charge in [-0.1, -0.05) is 50.2 Å². The molecule has 19 heavy (non-hydrogen) atoms. The van der Waals surface area contributed by atoms with Gasteiger partial charge >= 0.3 is 0 Å². The molecule has 0 atom stereocenters. The van der Waals surface area contributed by atoms with Crippen LogP contribution in [0.25, 0.3) is 0 Å². The van der Waals surface area contributed by atoms with E-state index in [1.165, 1.54) is 16.9 Å². The van der Waals surface area contributed by atoms with E-state index in [1.807, 2.05) is 0 Å². The maximum absolute atomic E-state index is 2.41. The Hall–Kier alpha value is -1.76. The van der Waals surface area contributed by atoms with Crippen molar-refractivity contribution < 1.29 is 0 Å². The maximum atomic E-state index is 2.41. The van der Waals surface area contributed by atoms with Gasteiger partial charge in [-0.25, -0.2) is 0 Å². The van der Waals surface area contributed by atoms with Gasteiger partial charge in [-0.05, 0) is 43.5 Å². The second-order valence-corrected chi connectivity index (χ2v) is 5.51. The molecular weight excluding hydrogens is 230 g/mol.